The predicted octanol–water partition coefficient (Wildman–Crippen LogP) is 3.15. The highest BCUT2D eigenvalue weighted by molar-refractivity contribution is 5.74. The molecule has 1 rings (SSSR count). The number of hydrogen-bond donors (Lipinski definition) is 3. The van der Waals surface area contributed by atoms with Crippen molar-refractivity contribution in [2.75, 3.05) is 33.3 Å². The Balaban J connectivity index is 0. The third-order valence-corrected chi connectivity index (χ3v) is 5.21. The van der Waals surface area contributed by atoms with Crippen molar-refractivity contribution < 1.29 is 29.0 Å². The summed E-state index contributed by atoms with van der Waals surface area (Å²) in [6.45, 7) is 15.1. The lowest BCUT2D eigenvalue weighted by Crippen LogP contribution is -2.46. The van der Waals surface area contributed by atoms with Gasteiger partial charge in [-0.05, 0) is 57.5 Å². The van der Waals surface area contributed by atoms with Crippen LogP contribution in [0.2, 0.25) is 0 Å². The summed E-state index contributed by atoms with van der Waals surface area (Å²) in [4.78, 5) is 46.4. The number of hydrogen-bond acceptors (Lipinski definition) is 8. The van der Waals surface area contributed by atoms with E-state index >= 15 is 0 Å². The molecule has 0 fully saturated rings. The van der Waals surface area contributed by atoms with Crippen LogP contribution in [0.5, 0.6) is 5.75 Å². The van der Waals surface area contributed by atoms with E-state index in [-0.39, 0.29) is 36.9 Å². The van der Waals surface area contributed by atoms with Crippen molar-refractivity contribution in [3.05, 3.63) is 41.6 Å². The number of aryl methyl sites for hydroxylation is 1. The molecule has 37 heavy (non-hydrogen) atoms. The number of amides is 2. The number of aldehydes is 1. The molecule has 0 aliphatic carbocycles. The summed E-state index contributed by atoms with van der Waals surface area (Å²) in [5, 5.41) is 12.9. The third kappa shape index (κ3) is 17.6. The molecule has 2 amide bonds. The zero-order valence-corrected chi connectivity index (χ0v) is 23.1. The fraction of sp³-hybridized carbons (Fsp3) is 0.556. The van der Waals surface area contributed by atoms with Crippen molar-refractivity contribution in [2.24, 2.45) is 5.73 Å². The Morgan fingerprint density at radius 3 is 2.38 bits per heavy atom. The van der Waals surface area contributed by atoms with E-state index in [9.17, 15) is 19.5 Å². The molecule has 1 aromatic carbocycles. The number of likely N-dealkylation sites (N-methyl/N-ethyl adjacent to an activating group) is 1. The SMILES string of the molecule is C=C(C)N.C=O.CCCN(CCC=O)CCCC(COC(C)=O)N(C)C(=O)NCc1cccc(C)c1O. The fourth-order valence-electron chi connectivity index (χ4n) is 3.36. The number of phenols is 1. The van der Waals surface area contributed by atoms with E-state index in [4.69, 9.17) is 15.3 Å². The van der Waals surface area contributed by atoms with Crippen LogP contribution in [0.3, 0.4) is 0 Å². The molecule has 0 aromatic heterocycles. The summed E-state index contributed by atoms with van der Waals surface area (Å²) < 4.78 is 5.18. The number of carbonyl (C=O) groups excluding carboxylic acids is 4. The number of ether oxygens (including phenoxy) is 1. The second kappa shape index (κ2) is 21.8. The van der Waals surface area contributed by atoms with Gasteiger partial charge in [-0.15, -0.1) is 0 Å². The Bertz CT molecular complexity index is 814. The number of para-hydroxylation sites is 1. The molecule has 0 saturated heterocycles. The van der Waals surface area contributed by atoms with E-state index in [2.05, 4.69) is 23.7 Å². The number of aromatic hydroxyl groups is 1. The highest BCUT2D eigenvalue weighted by atomic mass is 16.5. The molecule has 1 aromatic rings. The minimum Gasteiger partial charge on any atom is -0.507 e. The first kappa shape index (κ1) is 35.8. The van der Waals surface area contributed by atoms with Crippen LogP contribution in [-0.4, -0.2) is 79.3 Å². The minimum absolute atomic E-state index is 0.122. The number of nitrogens with zero attached hydrogens (tertiary/aromatic N) is 2. The minimum atomic E-state index is -0.387. The lowest BCUT2D eigenvalue weighted by Gasteiger charge is -2.29. The number of esters is 1. The van der Waals surface area contributed by atoms with Crippen LogP contribution in [-0.2, 0) is 25.7 Å². The molecule has 1 unspecified atom stereocenters. The number of urea groups is 1. The average Bonchev–Trinajstić information content (AvgIpc) is 2.85. The first-order valence-electron chi connectivity index (χ1n) is 12.3. The van der Waals surface area contributed by atoms with Crippen molar-refractivity contribution >= 4 is 25.1 Å². The highest BCUT2D eigenvalue weighted by Gasteiger charge is 2.21. The fourth-order valence-corrected chi connectivity index (χ4v) is 3.36. The number of phenolic OH excluding ortho intramolecular Hbond substituents is 1. The Morgan fingerprint density at radius 2 is 1.84 bits per heavy atom. The molecule has 1 atom stereocenters. The second-order valence-electron chi connectivity index (χ2n) is 8.59. The normalized spacial score (nSPS) is 10.6. The summed E-state index contributed by atoms with van der Waals surface area (Å²) in [6.07, 6.45) is 3.90. The smallest absolute Gasteiger partial charge is 0.317 e. The molecule has 0 bridgehead atoms. The van der Waals surface area contributed by atoms with Crippen LogP contribution in [0.25, 0.3) is 0 Å². The lowest BCUT2D eigenvalue weighted by molar-refractivity contribution is -0.142. The molecular formula is C27H46N4O6. The van der Waals surface area contributed by atoms with Gasteiger partial charge in [-0.1, -0.05) is 31.7 Å². The standard InChI is InChI=1S/C23H37N3O5.C3H7N.CH2O/c1-5-12-26(14-8-15-27)13-7-11-21(17-31-19(3)28)25(4)23(30)24-16-20-10-6-9-18(2)22(20)29;1-3(2)4;1-2/h6,9-10,15,21,29H,5,7-8,11-14,16-17H2,1-4H3,(H,24,30);1,4H2,2H3;1H2. The number of nitrogens with two attached hydrogens (primary N) is 1. The molecular weight excluding hydrogens is 476 g/mol. The number of carbonyl (C=O) groups is 4. The molecule has 210 valence electrons. The van der Waals surface area contributed by atoms with Gasteiger partial charge in [0.1, 0.15) is 25.4 Å². The van der Waals surface area contributed by atoms with Crippen molar-refractivity contribution in [1.82, 2.24) is 15.1 Å². The first-order valence-corrected chi connectivity index (χ1v) is 12.3. The third-order valence-electron chi connectivity index (χ3n) is 5.21. The van der Waals surface area contributed by atoms with Crippen LogP contribution in [0.15, 0.2) is 30.5 Å². The zero-order chi connectivity index (χ0) is 28.8. The Labute approximate surface area is 221 Å². The molecule has 0 spiro atoms. The van der Waals surface area contributed by atoms with E-state index in [0.717, 1.165) is 44.3 Å². The van der Waals surface area contributed by atoms with Gasteiger partial charge in [0.25, 0.3) is 0 Å². The maximum atomic E-state index is 12.7. The van der Waals surface area contributed by atoms with Gasteiger partial charge in [-0.3, -0.25) is 4.79 Å². The van der Waals surface area contributed by atoms with E-state index in [1.165, 1.54) is 6.92 Å². The summed E-state index contributed by atoms with van der Waals surface area (Å²) in [7, 11) is 1.68. The zero-order valence-electron chi connectivity index (χ0n) is 23.1. The maximum Gasteiger partial charge on any atom is 0.317 e. The predicted molar refractivity (Wildman–Crippen MR) is 146 cm³/mol. The van der Waals surface area contributed by atoms with Crippen molar-refractivity contribution in [2.45, 2.75) is 66.0 Å². The molecule has 0 radical (unpaired) electrons. The molecule has 10 heteroatoms. The molecule has 0 aliphatic heterocycles. The lowest BCUT2D eigenvalue weighted by atomic mass is 10.1. The molecule has 4 N–H and O–H groups in total. The maximum absolute atomic E-state index is 12.7. The number of rotatable bonds is 14. The van der Waals surface area contributed by atoms with Gasteiger partial charge in [0.05, 0.1) is 6.04 Å². The van der Waals surface area contributed by atoms with Crippen LogP contribution < -0.4 is 11.1 Å². The molecule has 0 saturated carbocycles. The van der Waals surface area contributed by atoms with Crippen LogP contribution in [0, 0.1) is 6.92 Å². The van der Waals surface area contributed by atoms with E-state index in [1.54, 1.807) is 37.9 Å². The average molecular weight is 523 g/mol. The van der Waals surface area contributed by atoms with Crippen LogP contribution >= 0.6 is 0 Å². The Kier molecular flexibility index (Phi) is 21.1. The monoisotopic (exact) mass is 522 g/mol. The van der Waals surface area contributed by atoms with E-state index < -0.39 is 0 Å². The second-order valence-corrected chi connectivity index (χ2v) is 8.59. The molecule has 0 aliphatic rings. The quantitative estimate of drug-likeness (QED) is 0.250. The molecule has 10 nitrogen and oxygen atoms in total. The van der Waals surface area contributed by atoms with Crippen LogP contribution in [0.4, 0.5) is 4.79 Å². The number of benzene rings is 1. The van der Waals surface area contributed by atoms with Crippen molar-refractivity contribution in [1.29, 1.82) is 0 Å². The summed E-state index contributed by atoms with van der Waals surface area (Å²) in [6, 6.07) is 4.82. The summed E-state index contributed by atoms with van der Waals surface area (Å²) >= 11 is 0. The Hall–Kier alpha value is -3.40. The van der Waals surface area contributed by atoms with Crippen molar-refractivity contribution in [3.63, 3.8) is 0 Å². The Morgan fingerprint density at radius 1 is 1.22 bits per heavy atom. The van der Waals surface area contributed by atoms with Gasteiger partial charge in [-0.2, -0.15) is 0 Å². The number of allylic oxidation sites excluding steroid dienone is 1. The van der Waals surface area contributed by atoms with Gasteiger partial charge in [0.15, 0.2) is 0 Å². The van der Waals surface area contributed by atoms with E-state index in [1.807, 2.05) is 12.9 Å². The van der Waals surface area contributed by atoms with Crippen LogP contribution in [0.1, 0.15) is 57.6 Å². The summed E-state index contributed by atoms with van der Waals surface area (Å²) in [5.74, 6) is -0.213. The van der Waals surface area contributed by atoms with Crippen molar-refractivity contribution in [3.8, 4) is 5.75 Å². The largest absolute Gasteiger partial charge is 0.507 e. The van der Waals surface area contributed by atoms with E-state index in [0.29, 0.717) is 24.1 Å². The first-order chi connectivity index (χ1) is 17.5. The topological polar surface area (TPSA) is 142 Å². The molecule has 0 heterocycles. The van der Waals surface area contributed by atoms with Gasteiger partial charge in [0.2, 0.25) is 0 Å². The number of nitrogens with one attached hydrogen (secondary N) is 1. The van der Waals surface area contributed by atoms with Gasteiger partial charge < -0.3 is 40.3 Å². The van der Waals surface area contributed by atoms with Gasteiger partial charge in [0, 0.05) is 39.0 Å². The van der Waals surface area contributed by atoms with Gasteiger partial charge in [-0.25, -0.2) is 4.79 Å². The summed E-state index contributed by atoms with van der Waals surface area (Å²) in [5.41, 5.74) is 6.97. The highest BCUT2D eigenvalue weighted by Crippen LogP contribution is 2.21. The van der Waals surface area contributed by atoms with Gasteiger partial charge >= 0.3 is 12.0 Å².